The van der Waals surface area contributed by atoms with E-state index in [4.69, 9.17) is 4.74 Å². The van der Waals surface area contributed by atoms with Gasteiger partial charge in [0.2, 0.25) is 0 Å². The highest BCUT2D eigenvalue weighted by Crippen LogP contribution is 2.25. The second kappa shape index (κ2) is 9.38. The summed E-state index contributed by atoms with van der Waals surface area (Å²) < 4.78 is 6.86. The Morgan fingerprint density at radius 2 is 1.79 bits per heavy atom. The lowest BCUT2D eigenvalue weighted by Gasteiger charge is -2.35. The molecule has 0 atom stereocenters. The largest absolute Gasteiger partial charge is 0.465 e. The van der Waals surface area contributed by atoms with Gasteiger partial charge in [0.15, 0.2) is 0 Å². The fourth-order valence-corrected chi connectivity index (χ4v) is 4.26. The minimum atomic E-state index is -0.357. The van der Waals surface area contributed by atoms with Crippen molar-refractivity contribution in [3.63, 3.8) is 0 Å². The van der Waals surface area contributed by atoms with Crippen molar-refractivity contribution in [3.05, 3.63) is 83.9 Å². The second-order valence-electron chi connectivity index (χ2n) is 8.22. The molecule has 1 aliphatic rings. The topological polar surface area (TPSA) is 76.4 Å². The molecule has 33 heavy (non-hydrogen) atoms. The molecule has 8 heteroatoms. The maximum absolute atomic E-state index is 12.0. The molecule has 168 valence electrons. The van der Waals surface area contributed by atoms with E-state index < -0.39 is 0 Å². The van der Waals surface area contributed by atoms with Crippen LogP contribution in [0, 0.1) is 0 Å². The number of anilines is 1. The Kier molecular flexibility index (Phi) is 5.99. The first kappa shape index (κ1) is 21.1. The number of methoxy groups -OCH3 is 1. The van der Waals surface area contributed by atoms with Crippen molar-refractivity contribution < 1.29 is 9.53 Å². The highest BCUT2D eigenvalue weighted by Gasteiger charge is 2.21. The highest BCUT2D eigenvalue weighted by atomic mass is 16.5. The molecule has 0 amide bonds. The summed E-state index contributed by atoms with van der Waals surface area (Å²) in [5.41, 5.74) is 3.79. The number of aromatic nitrogens is 4. The zero-order chi connectivity index (χ0) is 22.6. The lowest BCUT2D eigenvalue weighted by molar-refractivity contribution is 0.0601. The van der Waals surface area contributed by atoms with Crippen LogP contribution in [0.5, 0.6) is 0 Å². The van der Waals surface area contributed by atoms with Crippen LogP contribution >= 0.6 is 0 Å². The number of benzene rings is 2. The minimum absolute atomic E-state index is 0.357. The number of nitrogens with zero attached hydrogens (tertiary/aromatic N) is 6. The number of fused-ring (bicyclic) bond motifs is 1. The van der Waals surface area contributed by atoms with Gasteiger partial charge < -0.3 is 9.64 Å². The molecule has 8 nitrogen and oxygen atoms in total. The summed E-state index contributed by atoms with van der Waals surface area (Å²) in [6, 6.07) is 15.8. The van der Waals surface area contributed by atoms with Gasteiger partial charge in [0.05, 0.1) is 30.9 Å². The van der Waals surface area contributed by atoms with Gasteiger partial charge >= 0.3 is 5.97 Å². The minimum Gasteiger partial charge on any atom is -0.465 e. The Morgan fingerprint density at radius 1 is 0.970 bits per heavy atom. The van der Waals surface area contributed by atoms with Crippen LogP contribution < -0.4 is 4.90 Å². The van der Waals surface area contributed by atoms with E-state index in [-0.39, 0.29) is 5.97 Å². The molecule has 1 saturated heterocycles. The van der Waals surface area contributed by atoms with E-state index in [1.807, 2.05) is 29.1 Å². The molecule has 2 aromatic carbocycles. The third kappa shape index (κ3) is 4.70. The average molecular weight is 443 g/mol. The number of ether oxygens (including phenoxy) is 1. The fraction of sp³-hybridized carbons (Fsp3) is 0.280. The summed E-state index contributed by atoms with van der Waals surface area (Å²) >= 11 is 0. The Balaban J connectivity index is 1.23. The monoisotopic (exact) mass is 442 g/mol. The quantitative estimate of drug-likeness (QED) is 0.425. The lowest BCUT2D eigenvalue weighted by atomic mass is 10.1. The zero-order valence-corrected chi connectivity index (χ0v) is 18.6. The summed E-state index contributed by atoms with van der Waals surface area (Å²) in [5.74, 6) is 0.505. The van der Waals surface area contributed by atoms with Crippen molar-refractivity contribution in [2.75, 3.05) is 38.2 Å². The van der Waals surface area contributed by atoms with Crippen molar-refractivity contribution in [2.24, 2.45) is 0 Å². The van der Waals surface area contributed by atoms with Crippen molar-refractivity contribution in [1.82, 2.24) is 24.6 Å². The first-order valence-corrected chi connectivity index (χ1v) is 11.1. The number of hydrogen-bond acceptors (Lipinski definition) is 7. The third-order valence-corrected chi connectivity index (χ3v) is 5.99. The normalized spacial score (nSPS) is 14.5. The predicted molar refractivity (Wildman–Crippen MR) is 126 cm³/mol. The third-order valence-electron chi connectivity index (χ3n) is 5.99. The van der Waals surface area contributed by atoms with Gasteiger partial charge in [-0.2, -0.15) is 5.10 Å². The number of rotatable bonds is 6. The van der Waals surface area contributed by atoms with E-state index in [9.17, 15) is 4.79 Å². The second-order valence-corrected chi connectivity index (χ2v) is 8.22. The molecule has 4 aromatic rings. The Morgan fingerprint density at radius 3 is 2.58 bits per heavy atom. The van der Waals surface area contributed by atoms with Crippen LogP contribution in [0.25, 0.3) is 10.9 Å². The molecule has 0 N–H and O–H groups in total. The van der Waals surface area contributed by atoms with E-state index in [2.05, 4.69) is 55.3 Å². The van der Waals surface area contributed by atoms with E-state index in [1.54, 1.807) is 12.4 Å². The fourth-order valence-electron chi connectivity index (χ4n) is 4.26. The molecule has 0 aliphatic carbocycles. The van der Waals surface area contributed by atoms with Gasteiger partial charge in [-0.15, -0.1) is 0 Å². The van der Waals surface area contributed by atoms with Crippen LogP contribution in [0.4, 0.5) is 5.82 Å². The van der Waals surface area contributed by atoms with Gasteiger partial charge in [0, 0.05) is 49.9 Å². The van der Waals surface area contributed by atoms with Crippen LogP contribution in [-0.4, -0.2) is 63.9 Å². The van der Waals surface area contributed by atoms with E-state index in [1.165, 1.54) is 18.2 Å². The van der Waals surface area contributed by atoms with Gasteiger partial charge in [-0.25, -0.2) is 14.8 Å². The average Bonchev–Trinajstić information content (AvgIpc) is 3.30. The summed E-state index contributed by atoms with van der Waals surface area (Å²) in [6.45, 7) is 5.21. The molecule has 0 spiro atoms. The lowest BCUT2D eigenvalue weighted by Crippen LogP contribution is -2.46. The van der Waals surface area contributed by atoms with Gasteiger partial charge in [0.25, 0.3) is 0 Å². The van der Waals surface area contributed by atoms with Gasteiger partial charge in [-0.1, -0.05) is 30.3 Å². The van der Waals surface area contributed by atoms with E-state index in [0.29, 0.717) is 5.56 Å². The van der Waals surface area contributed by atoms with E-state index in [0.717, 1.165) is 56.0 Å². The predicted octanol–water partition coefficient (Wildman–Crippen LogP) is 2.98. The molecule has 2 aromatic heterocycles. The number of carbonyl (C=O) groups excluding carboxylic acids is 1. The van der Waals surface area contributed by atoms with Crippen molar-refractivity contribution in [1.29, 1.82) is 0 Å². The van der Waals surface area contributed by atoms with Gasteiger partial charge in [0.1, 0.15) is 12.1 Å². The maximum atomic E-state index is 12.0. The summed E-state index contributed by atoms with van der Waals surface area (Å²) in [7, 11) is 1.39. The number of esters is 1. The summed E-state index contributed by atoms with van der Waals surface area (Å²) in [6.07, 6.45) is 5.68. The number of hydrogen-bond donors (Lipinski definition) is 0. The van der Waals surface area contributed by atoms with Crippen LogP contribution in [-0.2, 0) is 17.8 Å². The number of piperazine rings is 1. The zero-order valence-electron chi connectivity index (χ0n) is 18.6. The van der Waals surface area contributed by atoms with E-state index >= 15 is 0 Å². The summed E-state index contributed by atoms with van der Waals surface area (Å²) in [5, 5.41) is 5.40. The number of carbonyl (C=O) groups is 1. The van der Waals surface area contributed by atoms with Crippen molar-refractivity contribution >= 4 is 22.7 Å². The molecular weight excluding hydrogens is 416 g/mol. The highest BCUT2D eigenvalue weighted by molar-refractivity contribution is 5.98. The molecule has 1 aliphatic heterocycles. The molecular formula is C25H26N6O2. The molecule has 1 fully saturated rings. The Labute approximate surface area is 192 Å². The molecule has 3 heterocycles. The molecule has 0 radical (unpaired) electrons. The Bertz CT molecular complexity index is 1250. The van der Waals surface area contributed by atoms with Gasteiger partial charge in [-0.3, -0.25) is 9.58 Å². The molecule has 0 saturated carbocycles. The molecule has 0 bridgehead atoms. The first-order valence-electron chi connectivity index (χ1n) is 11.1. The van der Waals surface area contributed by atoms with Crippen molar-refractivity contribution in [2.45, 2.75) is 13.1 Å². The maximum Gasteiger partial charge on any atom is 0.337 e. The van der Waals surface area contributed by atoms with Gasteiger partial charge in [-0.05, 0) is 23.8 Å². The molecule has 0 unspecified atom stereocenters. The van der Waals surface area contributed by atoms with Crippen LogP contribution in [0.15, 0.2) is 67.3 Å². The first-order chi connectivity index (χ1) is 16.2. The SMILES string of the molecule is COC(=O)c1ccc2ncnc(N3CCN(Cc4cnn(Cc5ccccc5)c4)CC3)c2c1. The smallest absolute Gasteiger partial charge is 0.337 e. The standard InChI is InChI=1S/C25H26N6O2/c1-33-25(32)21-7-8-23-22(13-21)24(27-18-26-23)30-11-9-29(10-12-30)15-20-14-28-31(17-20)16-19-5-3-2-4-6-19/h2-8,13-14,17-18H,9-12,15-16H2,1H3. The summed E-state index contributed by atoms with van der Waals surface area (Å²) in [4.78, 5) is 25.6. The Hall–Kier alpha value is -3.78. The van der Waals surface area contributed by atoms with Crippen LogP contribution in [0.2, 0.25) is 0 Å². The van der Waals surface area contributed by atoms with Crippen LogP contribution in [0.1, 0.15) is 21.5 Å². The van der Waals surface area contributed by atoms with Crippen LogP contribution in [0.3, 0.4) is 0 Å². The van der Waals surface area contributed by atoms with Crippen molar-refractivity contribution in [3.8, 4) is 0 Å². The molecule has 5 rings (SSSR count).